The summed E-state index contributed by atoms with van der Waals surface area (Å²) in [6.45, 7) is 0. The summed E-state index contributed by atoms with van der Waals surface area (Å²) in [6, 6.07) is 11.9. The number of nitrogen functional groups attached to an aromatic ring is 1. The van der Waals surface area contributed by atoms with Crippen LogP contribution in [0.2, 0.25) is 5.15 Å². The Morgan fingerprint density at radius 1 is 1.12 bits per heavy atom. The molecule has 206 valence electrons. The normalized spacial score (nSPS) is 14.1. The van der Waals surface area contributed by atoms with Crippen LogP contribution in [0.25, 0.3) is 38.2 Å². The van der Waals surface area contributed by atoms with Crippen molar-refractivity contribution in [3.05, 3.63) is 92.9 Å². The molecule has 2 N–H and O–H groups in total. The number of hydrogen-bond acceptors (Lipinski definition) is 7. The second-order valence-electron chi connectivity index (χ2n) is 9.90. The highest BCUT2D eigenvalue weighted by Crippen LogP contribution is 2.48. The van der Waals surface area contributed by atoms with E-state index >= 15 is 0 Å². The van der Waals surface area contributed by atoms with Crippen LogP contribution in [0.4, 0.5) is 14.6 Å². The first kappa shape index (κ1) is 25.6. The van der Waals surface area contributed by atoms with Crippen LogP contribution in [0.3, 0.4) is 0 Å². The molecule has 12 heteroatoms. The topological polar surface area (TPSA) is 100 Å². The first-order valence-electron chi connectivity index (χ1n) is 12.8. The number of nitrogens with zero attached hydrogens (tertiary/aromatic N) is 5. The van der Waals surface area contributed by atoms with Gasteiger partial charge >= 0.3 is 0 Å². The molecule has 1 fully saturated rings. The number of methoxy groups -OCH3 is 1. The van der Waals surface area contributed by atoms with Crippen LogP contribution >= 0.6 is 22.9 Å². The van der Waals surface area contributed by atoms with Crippen molar-refractivity contribution in [1.29, 1.82) is 0 Å². The second kappa shape index (κ2) is 9.64. The van der Waals surface area contributed by atoms with Gasteiger partial charge in [-0.2, -0.15) is 5.10 Å². The van der Waals surface area contributed by atoms with Gasteiger partial charge in [0.2, 0.25) is 0 Å². The van der Waals surface area contributed by atoms with E-state index in [2.05, 4.69) is 9.97 Å². The van der Waals surface area contributed by atoms with Crippen molar-refractivity contribution in [3.63, 3.8) is 0 Å². The van der Waals surface area contributed by atoms with Crippen molar-refractivity contribution in [3.8, 4) is 28.1 Å². The van der Waals surface area contributed by atoms with E-state index in [0.29, 0.717) is 43.8 Å². The number of benzene rings is 2. The summed E-state index contributed by atoms with van der Waals surface area (Å²) in [5.41, 5.74) is 8.70. The number of thiazole rings is 1. The highest BCUT2D eigenvalue weighted by molar-refractivity contribution is 7.16. The molecular weight excluding hydrogens is 570 g/mol. The van der Waals surface area contributed by atoms with E-state index in [9.17, 15) is 13.6 Å². The van der Waals surface area contributed by atoms with E-state index in [0.717, 1.165) is 12.8 Å². The SMILES string of the molecule is COc1ccc(-c2nn([C@H](c3cc4scc(Cl)n4c(=O)c3-c3cccc(F)c3)C3CC3)c3ncnc(N)c23)cc1F. The quantitative estimate of drug-likeness (QED) is 0.242. The van der Waals surface area contributed by atoms with Crippen LogP contribution in [0, 0.1) is 17.6 Å². The minimum absolute atomic E-state index is 0.0979. The molecule has 0 saturated heterocycles. The summed E-state index contributed by atoms with van der Waals surface area (Å²) in [7, 11) is 1.39. The molecule has 8 nitrogen and oxygen atoms in total. The highest BCUT2D eigenvalue weighted by atomic mass is 35.5. The predicted octanol–water partition coefficient (Wildman–Crippen LogP) is 6.36. The molecule has 4 heterocycles. The number of ether oxygens (including phenoxy) is 1. The van der Waals surface area contributed by atoms with Gasteiger partial charge in [0.15, 0.2) is 17.2 Å². The molecule has 4 aromatic heterocycles. The lowest BCUT2D eigenvalue weighted by Crippen LogP contribution is -2.23. The molecule has 0 radical (unpaired) electrons. The fourth-order valence-corrected chi connectivity index (χ4v) is 6.58. The zero-order chi connectivity index (χ0) is 28.4. The van der Waals surface area contributed by atoms with Crippen LogP contribution in [-0.2, 0) is 0 Å². The molecule has 0 bridgehead atoms. The Balaban J connectivity index is 1.53. The van der Waals surface area contributed by atoms with E-state index in [1.807, 2.05) is 6.07 Å². The molecule has 1 saturated carbocycles. The standard InChI is InChI=1S/C29H21ClF2N6O2S/c1-40-20-8-7-16(10-19(20)32)25-24-27(33)34-13-35-28(24)38(36-25)26(14-5-6-14)18-11-22-37(21(30)12-41-22)29(39)23(18)15-3-2-4-17(31)9-15/h2-4,7-14,26H,5-6H2,1H3,(H2,33,34,35)/t26-/m0/s1. The average molecular weight is 591 g/mol. The van der Waals surface area contributed by atoms with Gasteiger partial charge in [-0.1, -0.05) is 23.7 Å². The molecule has 0 spiro atoms. The Morgan fingerprint density at radius 3 is 2.68 bits per heavy atom. The van der Waals surface area contributed by atoms with Crippen molar-refractivity contribution in [2.75, 3.05) is 12.8 Å². The fraction of sp³-hybridized carbons (Fsp3) is 0.172. The van der Waals surface area contributed by atoms with Crippen LogP contribution in [0.5, 0.6) is 5.75 Å². The zero-order valence-corrected chi connectivity index (χ0v) is 23.1. The zero-order valence-electron chi connectivity index (χ0n) is 21.5. The van der Waals surface area contributed by atoms with Gasteiger partial charge in [-0.15, -0.1) is 11.3 Å². The second-order valence-corrected chi connectivity index (χ2v) is 11.2. The maximum Gasteiger partial charge on any atom is 0.265 e. The fourth-order valence-electron chi connectivity index (χ4n) is 5.43. The molecule has 0 amide bonds. The molecule has 0 unspecified atom stereocenters. The Hall–Kier alpha value is -4.35. The Morgan fingerprint density at radius 2 is 1.95 bits per heavy atom. The maximum absolute atomic E-state index is 14.8. The average Bonchev–Trinajstić information content (AvgIpc) is 3.61. The Bertz CT molecular complexity index is 2050. The third kappa shape index (κ3) is 4.15. The number of nitrogens with two attached hydrogens (primary N) is 1. The lowest BCUT2D eigenvalue weighted by Gasteiger charge is -2.22. The van der Waals surface area contributed by atoms with Crippen molar-refractivity contribution >= 4 is 44.6 Å². The molecule has 0 aliphatic heterocycles. The van der Waals surface area contributed by atoms with Crippen LogP contribution in [0.15, 0.2) is 65.0 Å². The molecule has 7 rings (SSSR count). The van der Waals surface area contributed by atoms with Gasteiger partial charge in [-0.3, -0.25) is 9.20 Å². The Kier molecular flexibility index (Phi) is 6.02. The lowest BCUT2D eigenvalue weighted by molar-refractivity contribution is 0.386. The predicted molar refractivity (Wildman–Crippen MR) is 154 cm³/mol. The summed E-state index contributed by atoms with van der Waals surface area (Å²) < 4.78 is 37.5. The van der Waals surface area contributed by atoms with Gasteiger partial charge < -0.3 is 10.5 Å². The van der Waals surface area contributed by atoms with E-state index < -0.39 is 17.7 Å². The molecule has 1 aliphatic carbocycles. The number of hydrogen-bond donors (Lipinski definition) is 1. The number of pyridine rings is 1. The minimum atomic E-state index is -0.552. The van der Waals surface area contributed by atoms with Crippen LogP contribution in [0.1, 0.15) is 24.4 Å². The third-order valence-electron chi connectivity index (χ3n) is 7.40. The number of anilines is 1. The van der Waals surface area contributed by atoms with Crippen molar-refractivity contribution in [2.45, 2.75) is 18.9 Å². The summed E-state index contributed by atoms with van der Waals surface area (Å²) in [6.07, 6.45) is 3.11. The van der Waals surface area contributed by atoms with Gasteiger partial charge in [0.25, 0.3) is 5.56 Å². The van der Waals surface area contributed by atoms with Gasteiger partial charge in [0, 0.05) is 10.9 Å². The molecular formula is C29H21ClF2N6O2S. The maximum atomic E-state index is 14.8. The minimum Gasteiger partial charge on any atom is -0.494 e. The van der Waals surface area contributed by atoms with Gasteiger partial charge in [-0.05, 0) is 66.3 Å². The number of aromatic nitrogens is 5. The van der Waals surface area contributed by atoms with Gasteiger partial charge in [0.05, 0.1) is 24.1 Å². The lowest BCUT2D eigenvalue weighted by atomic mass is 9.93. The molecule has 1 atom stereocenters. The molecule has 1 aliphatic rings. The summed E-state index contributed by atoms with van der Waals surface area (Å²) >= 11 is 7.74. The van der Waals surface area contributed by atoms with Crippen LogP contribution in [-0.4, -0.2) is 31.3 Å². The van der Waals surface area contributed by atoms with E-state index in [4.69, 9.17) is 27.2 Å². The number of halogens is 3. The largest absolute Gasteiger partial charge is 0.494 e. The monoisotopic (exact) mass is 590 g/mol. The third-order valence-corrected chi connectivity index (χ3v) is 8.69. The van der Waals surface area contributed by atoms with E-state index in [-0.39, 0.29) is 28.2 Å². The van der Waals surface area contributed by atoms with Crippen LogP contribution < -0.4 is 16.0 Å². The first-order valence-corrected chi connectivity index (χ1v) is 14.0. The van der Waals surface area contributed by atoms with E-state index in [1.165, 1.54) is 53.4 Å². The molecule has 6 aromatic rings. The molecule has 2 aromatic carbocycles. The summed E-state index contributed by atoms with van der Waals surface area (Å²) in [5, 5.41) is 7.37. The van der Waals surface area contributed by atoms with Gasteiger partial charge in [-0.25, -0.2) is 23.4 Å². The highest BCUT2D eigenvalue weighted by Gasteiger charge is 2.39. The van der Waals surface area contributed by atoms with E-state index in [1.54, 1.807) is 28.3 Å². The summed E-state index contributed by atoms with van der Waals surface area (Å²) in [4.78, 5) is 23.4. The molecule has 41 heavy (non-hydrogen) atoms. The summed E-state index contributed by atoms with van der Waals surface area (Å²) in [5.74, 6) is -0.623. The van der Waals surface area contributed by atoms with Crippen molar-refractivity contribution in [1.82, 2.24) is 24.1 Å². The smallest absolute Gasteiger partial charge is 0.265 e. The number of rotatable bonds is 6. The first-order chi connectivity index (χ1) is 19.9. The van der Waals surface area contributed by atoms with Crippen molar-refractivity contribution in [2.24, 2.45) is 5.92 Å². The number of fused-ring (bicyclic) bond motifs is 2. The Labute approximate surface area is 240 Å². The van der Waals surface area contributed by atoms with Crippen molar-refractivity contribution < 1.29 is 13.5 Å². The van der Waals surface area contributed by atoms with Gasteiger partial charge in [0.1, 0.15) is 33.6 Å².